The summed E-state index contributed by atoms with van der Waals surface area (Å²) in [6.45, 7) is 3.36. The number of benzene rings is 1. The smallest absolute Gasteiger partial charge is 0.220 e. The zero-order chi connectivity index (χ0) is 14.1. The van der Waals surface area contributed by atoms with Crippen molar-refractivity contribution in [2.24, 2.45) is 0 Å². The van der Waals surface area contributed by atoms with Crippen molar-refractivity contribution in [3.8, 4) is 5.75 Å². The number of methoxy groups -OCH3 is 2. The van der Waals surface area contributed by atoms with E-state index in [1.165, 1.54) is 0 Å². The molecule has 0 bridgehead atoms. The number of carbonyl (C=O) groups is 1. The van der Waals surface area contributed by atoms with Gasteiger partial charge in [-0.15, -0.1) is 0 Å². The molecule has 4 heteroatoms. The first-order valence-electron chi connectivity index (χ1n) is 6.56. The van der Waals surface area contributed by atoms with Gasteiger partial charge >= 0.3 is 0 Å². The van der Waals surface area contributed by atoms with E-state index >= 15 is 0 Å². The molecule has 0 fully saturated rings. The Morgan fingerprint density at radius 2 is 2.11 bits per heavy atom. The van der Waals surface area contributed by atoms with Crippen LogP contribution in [0.15, 0.2) is 18.2 Å². The van der Waals surface area contributed by atoms with Crippen molar-refractivity contribution < 1.29 is 14.3 Å². The summed E-state index contributed by atoms with van der Waals surface area (Å²) in [7, 11) is 3.32. The molecule has 0 aliphatic rings. The fraction of sp³-hybridized carbons (Fsp3) is 0.533. The maximum absolute atomic E-state index is 11.6. The molecule has 1 rings (SSSR count). The fourth-order valence-corrected chi connectivity index (χ4v) is 1.89. The second-order valence-electron chi connectivity index (χ2n) is 4.50. The summed E-state index contributed by atoms with van der Waals surface area (Å²) in [5, 5.41) is 2.88. The minimum Gasteiger partial charge on any atom is -0.496 e. The van der Waals surface area contributed by atoms with E-state index < -0.39 is 0 Å². The molecule has 1 aromatic carbocycles. The molecule has 0 atom stereocenters. The highest BCUT2D eigenvalue weighted by Crippen LogP contribution is 2.19. The zero-order valence-corrected chi connectivity index (χ0v) is 12.0. The van der Waals surface area contributed by atoms with Gasteiger partial charge in [-0.2, -0.15) is 0 Å². The molecule has 0 radical (unpaired) electrons. The third-order valence-corrected chi connectivity index (χ3v) is 2.95. The maximum atomic E-state index is 11.6. The van der Waals surface area contributed by atoms with E-state index in [0.717, 1.165) is 29.7 Å². The summed E-state index contributed by atoms with van der Waals surface area (Å²) >= 11 is 0. The molecular formula is C15H23NO3. The van der Waals surface area contributed by atoms with E-state index in [1.54, 1.807) is 14.2 Å². The van der Waals surface area contributed by atoms with Crippen LogP contribution >= 0.6 is 0 Å². The van der Waals surface area contributed by atoms with Crippen LogP contribution in [0.1, 0.15) is 24.0 Å². The maximum Gasteiger partial charge on any atom is 0.220 e. The SMILES string of the molecule is COCCCNC(=O)CCc1ccc(OC)c(C)c1. The van der Waals surface area contributed by atoms with Gasteiger partial charge in [0, 0.05) is 26.7 Å². The molecular weight excluding hydrogens is 242 g/mol. The summed E-state index contributed by atoms with van der Waals surface area (Å²) < 4.78 is 10.1. The molecule has 0 aliphatic carbocycles. The largest absolute Gasteiger partial charge is 0.496 e. The molecule has 0 unspecified atom stereocenters. The van der Waals surface area contributed by atoms with Crippen LogP contribution in [0.25, 0.3) is 0 Å². The van der Waals surface area contributed by atoms with Crippen LogP contribution < -0.4 is 10.1 Å². The quantitative estimate of drug-likeness (QED) is 0.732. The number of nitrogens with one attached hydrogen (secondary N) is 1. The van der Waals surface area contributed by atoms with Gasteiger partial charge in [0.1, 0.15) is 5.75 Å². The van der Waals surface area contributed by atoms with Crippen molar-refractivity contribution in [2.45, 2.75) is 26.2 Å². The number of aryl methyl sites for hydroxylation is 2. The van der Waals surface area contributed by atoms with Gasteiger partial charge < -0.3 is 14.8 Å². The number of ether oxygens (including phenoxy) is 2. The molecule has 0 saturated carbocycles. The Labute approximate surface area is 115 Å². The Morgan fingerprint density at radius 3 is 2.74 bits per heavy atom. The Morgan fingerprint density at radius 1 is 1.32 bits per heavy atom. The van der Waals surface area contributed by atoms with Gasteiger partial charge in [-0.3, -0.25) is 4.79 Å². The molecule has 0 aliphatic heterocycles. The fourth-order valence-electron chi connectivity index (χ4n) is 1.89. The highest BCUT2D eigenvalue weighted by molar-refractivity contribution is 5.76. The van der Waals surface area contributed by atoms with Crippen LogP contribution in [-0.2, 0) is 16.0 Å². The monoisotopic (exact) mass is 265 g/mol. The Balaban J connectivity index is 2.32. The average molecular weight is 265 g/mol. The number of carbonyl (C=O) groups excluding carboxylic acids is 1. The first-order valence-corrected chi connectivity index (χ1v) is 6.56. The van der Waals surface area contributed by atoms with Gasteiger partial charge in [0.2, 0.25) is 5.91 Å². The van der Waals surface area contributed by atoms with Crippen molar-refractivity contribution in [1.29, 1.82) is 0 Å². The average Bonchev–Trinajstić information content (AvgIpc) is 2.41. The van der Waals surface area contributed by atoms with Gasteiger partial charge in [0.05, 0.1) is 7.11 Å². The molecule has 1 aromatic rings. The zero-order valence-electron chi connectivity index (χ0n) is 12.0. The molecule has 0 spiro atoms. The summed E-state index contributed by atoms with van der Waals surface area (Å²) in [6, 6.07) is 6.02. The molecule has 106 valence electrons. The first kappa shape index (κ1) is 15.5. The van der Waals surface area contributed by atoms with Crippen LogP contribution in [0.5, 0.6) is 5.75 Å². The van der Waals surface area contributed by atoms with Crippen molar-refractivity contribution in [1.82, 2.24) is 5.32 Å². The van der Waals surface area contributed by atoms with Gasteiger partial charge in [-0.25, -0.2) is 0 Å². The first-order chi connectivity index (χ1) is 9.17. The molecule has 4 nitrogen and oxygen atoms in total. The van der Waals surface area contributed by atoms with Gasteiger partial charge in [0.25, 0.3) is 0 Å². The van der Waals surface area contributed by atoms with E-state index in [1.807, 2.05) is 19.1 Å². The number of amides is 1. The standard InChI is InChI=1S/C15H23NO3/c1-12-11-13(5-7-14(12)19-3)6-8-15(17)16-9-4-10-18-2/h5,7,11H,4,6,8-10H2,1-3H3,(H,16,17). The Kier molecular flexibility index (Phi) is 6.97. The van der Waals surface area contributed by atoms with Crippen molar-refractivity contribution in [3.63, 3.8) is 0 Å². The van der Waals surface area contributed by atoms with Crippen LogP contribution in [-0.4, -0.2) is 33.3 Å². The number of hydrogen-bond donors (Lipinski definition) is 1. The lowest BCUT2D eigenvalue weighted by atomic mass is 10.1. The summed E-state index contributed by atoms with van der Waals surface area (Å²) in [5.74, 6) is 0.970. The summed E-state index contributed by atoms with van der Waals surface area (Å²) in [6.07, 6.45) is 2.11. The molecule has 19 heavy (non-hydrogen) atoms. The number of rotatable bonds is 8. The predicted octanol–water partition coefficient (Wildman–Crippen LogP) is 2.09. The van der Waals surface area contributed by atoms with Gasteiger partial charge in [0.15, 0.2) is 0 Å². The van der Waals surface area contributed by atoms with E-state index in [9.17, 15) is 4.79 Å². The van der Waals surface area contributed by atoms with Crippen molar-refractivity contribution in [2.75, 3.05) is 27.4 Å². The minimum absolute atomic E-state index is 0.0876. The van der Waals surface area contributed by atoms with E-state index in [-0.39, 0.29) is 5.91 Å². The van der Waals surface area contributed by atoms with Crippen LogP contribution in [0, 0.1) is 6.92 Å². The Hall–Kier alpha value is -1.55. The molecule has 0 heterocycles. The topological polar surface area (TPSA) is 47.6 Å². The van der Waals surface area contributed by atoms with Crippen molar-refractivity contribution >= 4 is 5.91 Å². The van der Waals surface area contributed by atoms with Gasteiger partial charge in [-0.1, -0.05) is 12.1 Å². The van der Waals surface area contributed by atoms with Crippen LogP contribution in [0.3, 0.4) is 0 Å². The predicted molar refractivity (Wildman–Crippen MR) is 75.6 cm³/mol. The van der Waals surface area contributed by atoms with Crippen molar-refractivity contribution in [3.05, 3.63) is 29.3 Å². The normalized spacial score (nSPS) is 10.3. The highest BCUT2D eigenvalue weighted by atomic mass is 16.5. The molecule has 1 N–H and O–H groups in total. The summed E-state index contributed by atoms with van der Waals surface area (Å²) in [5.41, 5.74) is 2.26. The molecule has 0 saturated heterocycles. The second kappa shape index (κ2) is 8.53. The van der Waals surface area contributed by atoms with E-state index in [0.29, 0.717) is 19.6 Å². The van der Waals surface area contributed by atoms with Crippen LogP contribution in [0.4, 0.5) is 0 Å². The third kappa shape index (κ3) is 5.75. The lowest BCUT2D eigenvalue weighted by Crippen LogP contribution is -2.25. The van der Waals surface area contributed by atoms with E-state index in [2.05, 4.69) is 11.4 Å². The molecule has 1 amide bonds. The lowest BCUT2D eigenvalue weighted by molar-refractivity contribution is -0.121. The molecule has 0 aromatic heterocycles. The minimum atomic E-state index is 0.0876. The second-order valence-corrected chi connectivity index (χ2v) is 4.50. The van der Waals surface area contributed by atoms with E-state index in [4.69, 9.17) is 9.47 Å². The highest BCUT2D eigenvalue weighted by Gasteiger charge is 2.04. The third-order valence-electron chi connectivity index (χ3n) is 2.95. The Bertz CT molecular complexity index is 404. The van der Waals surface area contributed by atoms with Gasteiger partial charge in [-0.05, 0) is 37.0 Å². The van der Waals surface area contributed by atoms with Crippen LogP contribution in [0.2, 0.25) is 0 Å². The number of hydrogen-bond acceptors (Lipinski definition) is 3. The lowest BCUT2D eigenvalue weighted by Gasteiger charge is -2.08. The summed E-state index contributed by atoms with van der Waals surface area (Å²) in [4.78, 5) is 11.6.